The molecule has 0 radical (unpaired) electrons. The summed E-state index contributed by atoms with van der Waals surface area (Å²) in [5.41, 5.74) is 12.9. The molecule has 1 atom stereocenters. The first-order valence-electron chi connectivity index (χ1n) is 7.20. The molecule has 128 valence electrons. The molecule has 2 aromatic rings. The number of nitrogens with one attached hydrogen (secondary N) is 1. The van der Waals surface area contributed by atoms with Gasteiger partial charge in [0.1, 0.15) is 6.04 Å². The number of rotatable bonds is 7. The molecule has 6 N–H and O–H groups in total. The summed E-state index contributed by atoms with van der Waals surface area (Å²) in [5.74, 6) is -1.26. The van der Waals surface area contributed by atoms with Crippen LogP contribution in [-0.4, -0.2) is 25.5 Å². The van der Waals surface area contributed by atoms with Gasteiger partial charge in [-0.15, -0.1) is 0 Å². The van der Waals surface area contributed by atoms with E-state index >= 15 is 0 Å². The molecule has 0 saturated carbocycles. The zero-order chi connectivity index (χ0) is 17.7. The first-order valence-corrected chi connectivity index (χ1v) is 8.68. The fourth-order valence-electron chi connectivity index (χ4n) is 2.24. The van der Waals surface area contributed by atoms with Crippen LogP contribution in [0.15, 0.2) is 53.4 Å². The van der Waals surface area contributed by atoms with Crippen molar-refractivity contribution >= 4 is 21.7 Å². The molecule has 0 bridgehead atoms. The Morgan fingerprint density at radius 3 is 2.42 bits per heavy atom. The molecule has 2 rings (SSSR count). The lowest BCUT2D eigenvalue weighted by molar-refractivity contribution is -0.138. The van der Waals surface area contributed by atoms with Gasteiger partial charge >= 0.3 is 5.97 Å². The Labute approximate surface area is 140 Å². The smallest absolute Gasteiger partial charge is 0.322 e. The predicted octanol–water partition coefficient (Wildman–Crippen LogP) is 0.702. The molecule has 8 heteroatoms. The lowest BCUT2D eigenvalue weighted by Crippen LogP contribution is -2.42. The highest BCUT2D eigenvalue weighted by atomic mass is 32.2. The summed E-state index contributed by atoms with van der Waals surface area (Å²) in [6, 6.07) is 11.4. The van der Waals surface area contributed by atoms with E-state index in [2.05, 4.69) is 4.72 Å². The van der Waals surface area contributed by atoms with Crippen molar-refractivity contribution in [2.24, 2.45) is 5.73 Å². The van der Waals surface area contributed by atoms with Crippen molar-refractivity contribution < 1.29 is 18.3 Å². The Bertz CT molecular complexity index is 837. The minimum Gasteiger partial charge on any atom is -0.480 e. The maximum Gasteiger partial charge on any atom is 0.322 e. The normalized spacial score (nSPS) is 12.7. The average molecular weight is 349 g/mol. The number of aliphatic carboxylic acids is 1. The fraction of sp³-hybridized carbons (Fsp3) is 0.188. The van der Waals surface area contributed by atoms with Crippen molar-refractivity contribution in [3.63, 3.8) is 0 Å². The lowest BCUT2D eigenvalue weighted by atomic mass is 10.0. The third-order valence-electron chi connectivity index (χ3n) is 3.43. The maximum atomic E-state index is 12.4. The van der Waals surface area contributed by atoms with Crippen LogP contribution in [0.1, 0.15) is 11.1 Å². The predicted molar refractivity (Wildman–Crippen MR) is 90.6 cm³/mol. The van der Waals surface area contributed by atoms with Crippen LogP contribution in [0, 0.1) is 0 Å². The number of carbonyl (C=O) groups is 1. The largest absolute Gasteiger partial charge is 0.480 e. The van der Waals surface area contributed by atoms with Crippen molar-refractivity contribution in [3.8, 4) is 0 Å². The first-order chi connectivity index (χ1) is 11.3. The molecular formula is C16H19N3O4S. The Morgan fingerprint density at radius 2 is 1.79 bits per heavy atom. The van der Waals surface area contributed by atoms with Crippen molar-refractivity contribution in [1.29, 1.82) is 0 Å². The molecule has 0 aliphatic carbocycles. The van der Waals surface area contributed by atoms with Crippen LogP contribution in [0.2, 0.25) is 0 Å². The number of carboxylic acid groups (broad SMARTS) is 1. The number of nitrogen functional groups attached to an aromatic ring is 1. The minimum absolute atomic E-state index is 0.00468. The van der Waals surface area contributed by atoms with Crippen LogP contribution in [0.3, 0.4) is 0 Å². The highest BCUT2D eigenvalue weighted by Gasteiger charge is 2.25. The molecule has 0 aliphatic rings. The number of hydrogen-bond acceptors (Lipinski definition) is 5. The Kier molecular flexibility index (Phi) is 5.55. The van der Waals surface area contributed by atoms with E-state index in [9.17, 15) is 18.3 Å². The van der Waals surface area contributed by atoms with Crippen LogP contribution in [-0.2, 0) is 27.8 Å². The van der Waals surface area contributed by atoms with Crippen LogP contribution in [0.5, 0.6) is 0 Å². The molecule has 0 aliphatic heterocycles. The average Bonchev–Trinajstić information content (AvgIpc) is 2.54. The van der Waals surface area contributed by atoms with E-state index in [1.54, 1.807) is 24.3 Å². The number of sulfonamides is 1. The van der Waals surface area contributed by atoms with Gasteiger partial charge in [-0.25, -0.2) is 8.42 Å². The number of anilines is 1. The number of nitrogens with two attached hydrogens (primary N) is 2. The second-order valence-electron chi connectivity index (χ2n) is 5.31. The van der Waals surface area contributed by atoms with Crippen molar-refractivity contribution in [2.75, 3.05) is 5.73 Å². The molecule has 24 heavy (non-hydrogen) atoms. The summed E-state index contributed by atoms with van der Waals surface area (Å²) in [4.78, 5) is 11.4. The molecule has 0 heterocycles. The van der Waals surface area contributed by atoms with E-state index < -0.39 is 22.0 Å². The monoisotopic (exact) mass is 349 g/mol. The second kappa shape index (κ2) is 7.43. The highest BCUT2D eigenvalue weighted by molar-refractivity contribution is 7.89. The van der Waals surface area contributed by atoms with Gasteiger partial charge in [0.05, 0.1) is 4.90 Å². The number of hydrogen-bond donors (Lipinski definition) is 4. The van der Waals surface area contributed by atoms with Crippen molar-refractivity contribution in [2.45, 2.75) is 23.9 Å². The topological polar surface area (TPSA) is 136 Å². The lowest BCUT2D eigenvalue weighted by Gasteiger charge is -2.15. The fourth-order valence-corrected chi connectivity index (χ4v) is 3.48. The van der Waals surface area contributed by atoms with Crippen LogP contribution in [0.4, 0.5) is 5.69 Å². The molecule has 2 aromatic carbocycles. The molecule has 0 saturated heterocycles. The first kappa shape index (κ1) is 17.9. The molecule has 0 amide bonds. The SMILES string of the molecule is NCc1cccc(C[C@@H](NS(=O)(=O)c2cccc(N)c2)C(=O)O)c1. The Hall–Kier alpha value is -2.42. The van der Waals surface area contributed by atoms with E-state index in [0.717, 1.165) is 5.56 Å². The maximum absolute atomic E-state index is 12.4. The van der Waals surface area contributed by atoms with E-state index in [-0.39, 0.29) is 17.0 Å². The number of carboxylic acids is 1. The quantitative estimate of drug-likeness (QED) is 0.543. The minimum atomic E-state index is -4.00. The molecule has 0 fully saturated rings. The molecule has 0 aromatic heterocycles. The van der Waals surface area contributed by atoms with Gasteiger partial charge in [0.2, 0.25) is 10.0 Å². The summed E-state index contributed by atoms with van der Waals surface area (Å²) in [5, 5.41) is 9.35. The summed E-state index contributed by atoms with van der Waals surface area (Å²) in [7, 11) is -4.00. The van der Waals surface area contributed by atoms with E-state index in [1.807, 2.05) is 6.07 Å². The summed E-state index contributed by atoms with van der Waals surface area (Å²) in [6.45, 7) is 0.320. The second-order valence-corrected chi connectivity index (χ2v) is 7.03. The number of benzene rings is 2. The Balaban J connectivity index is 2.23. The van der Waals surface area contributed by atoms with Gasteiger partial charge in [-0.2, -0.15) is 4.72 Å². The molecule has 7 nitrogen and oxygen atoms in total. The van der Waals surface area contributed by atoms with Crippen molar-refractivity contribution in [1.82, 2.24) is 4.72 Å². The molecule has 0 spiro atoms. The van der Waals surface area contributed by atoms with Gasteiger partial charge in [0.15, 0.2) is 0 Å². The van der Waals surface area contributed by atoms with Crippen LogP contribution >= 0.6 is 0 Å². The van der Waals surface area contributed by atoms with Gasteiger partial charge in [0, 0.05) is 12.2 Å². The van der Waals surface area contributed by atoms with Crippen molar-refractivity contribution in [3.05, 3.63) is 59.7 Å². The summed E-state index contributed by atoms with van der Waals surface area (Å²) in [6.07, 6.45) is 0.00468. The van der Waals surface area contributed by atoms with E-state index in [1.165, 1.54) is 18.2 Å². The van der Waals surface area contributed by atoms with Crippen LogP contribution < -0.4 is 16.2 Å². The summed E-state index contributed by atoms with van der Waals surface area (Å²) < 4.78 is 26.9. The summed E-state index contributed by atoms with van der Waals surface area (Å²) >= 11 is 0. The van der Waals surface area contributed by atoms with Gasteiger partial charge in [-0.05, 0) is 35.7 Å². The van der Waals surface area contributed by atoms with Gasteiger partial charge in [-0.1, -0.05) is 30.3 Å². The molecule has 0 unspecified atom stereocenters. The van der Waals surface area contributed by atoms with E-state index in [0.29, 0.717) is 12.1 Å². The third-order valence-corrected chi connectivity index (χ3v) is 4.90. The zero-order valence-corrected chi connectivity index (χ0v) is 13.7. The van der Waals surface area contributed by atoms with Crippen LogP contribution in [0.25, 0.3) is 0 Å². The third kappa shape index (κ3) is 4.54. The Morgan fingerprint density at radius 1 is 1.12 bits per heavy atom. The van der Waals surface area contributed by atoms with Gasteiger partial charge in [-0.3, -0.25) is 4.79 Å². The van der Waals surface area contributed by atoms with Gasteiger partial charge in [0.25, 0.3) is 0 Å². The van der Waals surface area contributed by atoms with Gasteiger partial charge < -0.3 is 16.6 Å². The van der Waals surface area contributed by atoms with E-state index in [4.69, 9.17) is 11.5 Å². The standard InChI is InChI=1S/C16H19N3O4S/c17-10-12-4-1-3-11(7-12)8-15(16(20)21)19-24(22,23)14-6-2-5-13(18)9-14/h1-7,9,15,19H,8,10,17-18H2,(H,20,21)/t15-/m1/s1. The zero-order valence-electron chi connectivity index (χ0n) is 12.8. The highest BCUT2D eigenvalue weighted by Crippen LogP contribution is 2.15. The molecular weight excluding hydrogens is 330 g/mol.